The van der Waals surface area contributed by atoms with Gasteiger partial charge in [-0.1, -0.05) is 45.1 Å². The summed E-state index contributed by atoms with van der Waals surface area (Å²) in [4.78, 5) is 17.2. The zero-order valence-electron chi connectivity index (χ0n) is 19.0. The van der Waals surface area contributed by atoms with Crippen LogP contribution in [0, 0.1) is 11.8 Å². The van der Waals surface area contributed by atoms with Crippen molar-refractivity contribution < 1.29 is 17.9 Å². The van der Waals surface area contributed by atoms with Gasteiger partial charge in [0.2, 0.25) is 10.0 Å². The number of thiazole rings is 1. The highest BCUT2D eigenvalue weighted by Gasteiger charge is 2.26. The zero-order valence-corrected chi connectivity index (χ0v) is 20.6. The topological polar surface area (TPSA) is 88.6 Å². The standard InChI is InChI=1S/C23H29N3O4S2/c1-15(2)13-26(14-16(3)4)32(28,29)19-9-10-20-21(12-19)31-23(24-20)25-22(27)17-7-6-8-18(11-17)30-5/h6-12,15-16H,13-14H2,1-5H3,(H,24,25,27). The van der Waals surface area contributed by atoms with Gasteiger partial charge in [-0.25, -0.2) is 13.4 Å². The van der Waals surface area contributed by atoms with Crippen molar-refractivity contribution >= 4 is 42.6 Å². The second kappa shape index (κ2) is 9.97. The van der Waals surface area contributed by atoms with E-state index in [-0.39, 0.29) is 22.6 Å². The number of anilines is 1. The Kier molecular flexibility index (Phi) is 7.53. The van der Waals surface area contributed by atoms with Crippen LogP contribution in [-0.2, 0) is 10.0 Å². The van der Waals surface area contributed by atoms with E-state index in [9.17, 15) is 13.2 Å². The van der Waals surface area contributed by atoms with E-state index in [2.05, 4.69) is 10.3 Å². The number of hydrogen-bond donors (Lipinski definition) is 1. The van der Waals surface area contributed by atoms with Gasteiger partial charge in [-0.15, -0.1) is 0 Å². The minimum Gasteiger partial charge on any atom is -0.497 e. The van der Waals surface area contributed by atoms with Gasteiger partial charge in [0, 0.05) is 18.7 Å². The number of benzene rings is 2. The monoisotopic (exact) mass is 475 g/mol. The number of sulfonamides is 1. The molecule has 1 aromatic heterocycles. The summed E-state index contributed by atoms with van der Waals surface area (Å²) >= 11 is 1.24. The molecule has 3 aromatic rings. The van der Waals surface area contributed by atoms with Crippen LogP contribution in [0.15, 0.2) is 47.4 Å². The van der Waals surface area contributed by atoms with Crippen molar-refractivity contribution in [1.29, 1.82) is 0 Å². The molecule has 172 valence electrons. The molecule has 1 amide bonds. The van der Waals surface area contributed by atoms with E-state index in [1.165, 1.54) is 11.3 Å². The second-order valence-electron chi connectivity index (χ2n) is 8.44. The van der Waals surface area contributed by atoms with Gasteiger partial charge in [0.1, 0.15) is 5.75 Å². The Morgan fingerprint density at radius 3 is 2.41 bits per heavy atom. The predicted molar refractivity (Wildman–Crippen MR) is 129 cm³/mol. The van der Waals surface area contributed by atoms with Crippen LogP contribution >= 0.6 is 11.3 Å². The smallest absolute Gasteiger partial charge is 0.257 e. The van der Waals surface area contributed by atoms with Gasteiger partial charge in [-0.3, -0.25) is 10.1 Å². The summed E-state index contributed by atoms with van der Waals surface area (Å²) in [6.07, 6.45) is 0. The molecule has 0 saturated carbocycles. The van der Waals surface area contributed by atoms with E-state index in [0.29, 0.717) is 39.8 Å². The van der Waals surface area contributed by atoms with Gasteiger partial charge in [-0.05, 0) is 48.2 Å². The first-order valence-corrected chi connectivity index (χ1v) is 12.7. The highest BCUT2D eigenvalue weighted by Crippen LogP contribution is 2.30. The lowest BCUT2D eigenvalue weighted by Crippen LogP contribution is -2.37. The molecular weight excluding hydrogens is 446 g/mol. The number of methoxy groups -OCH3 is 1. The summed E-state index contributed by atoms with van der Waals surface area (Å²) in [7, 11) is -2.09. The molecule has 0 aliphatic heterocycles. The van der Waals surface area contributed by atoms with Crippen molar-refractivity contribution in [3.8, 4) is 5.75 Å². The number of fused-ring (bicyclic) bond motifs is 1. The van der Waals surface area contributed by atoms with Gasteiger partial charge in [0.05, 0.1) is 22.2 Å². The van der Waals surface area contributed by atoms with Crippen LogP contribution in [0.5, 0.6) is 5.75 Å². The van der Waals surface area contributed by atoms with E-state index in [1.807, 2.05) is 27.7 Å². The Morgan fingerprint density at radius 1 is 1.09 bits per heavy atom. The molecule has 2 aromatic carbocycles. The summed E-state index contributed by atoms with van der Waals surface area (Å²) in [6, 6.07) is 11.7. The molecule has 0 aliphatic carbocycles. The molecule has 7 nitrogen and oxygen atoms in total. The summed E-state index contributed by atoms with van der Waals surface area (Å²) < 4.78 is 34.0. The molecule has 32 heavy (non-hydrogen) atoms. The fraction of sp³-hybridized carbons (Fsp3) is 0.391. The van der Waals surface area contributed by atoms with Crippen LogP contribution in [0.1, 0.15) is 38.1 Å². The molecule has 0 bridgehead atoms. The van der Waals surface area contributed by atoms with Crippen molar-refractivity contribution in [2.45, 2.75) is 32.6 Å². The van der Waals surface area contributed by atoms with E-state index >= 15 is 0 Å². The molecule has 0 saturated heterocycles. The van der Waals surface area contributed by atoms with Crippen LogP contribution in [-0.4, -0.2) is 43.8 Å². The molecule has 0 fully saturated rings. The van der Waals surface area contributed by atoms with Crippen LogP contribution in [0.2, 0.25) is 0 Å². The SMILES string of the molecule is COc1cccc(C(=O)Nc2nc3ccc(S(=O)(=O)N(CC(C)C)CC(C)C)cc3s2)c1. The summed E-state index contributed by atoms with van der Waals surface area (Å²) in [6.45, 7) is 8.95. The van der Waals surface area contributed by atoms with Gasteiger partial charge in [-0.2, -0.15) is 4.31 Å². The van der Waals surface area contributed by atoms with Crippen LogP contribution in [0.3, 0.4) is 0 Å². The highest BCUT2D eigenvalue weighted by molar-refractivity contribution is 7.89. The second-order valence-corrected chi connectivity index (χ2v) is 11.4. The third-order valence-electron chi connectivity index (χ3n) is 4.69. The van der Waals surface area contributed by atoms with Crippen molar-refractivity contribution in [3.05, 3.63) is 48.0 Å². The Balaban J connectivity index is 1.87. The zero-order chi connectivity index (χ0) is 23.5. The van der Waals surface area contributed by atoms with E-state index in [4.69, 9.17) is 4.74 Å². The van der Waals surface area contributed by atoms with Crippen LogP contribution < -0.4 is 10.1 Å². The van der Waals surface area contributed by atoms with Gasteiger partial charge < -0.3 is 4.74 Å². The first-order valence-electron chi connectivity index (χ1n) is 10.5. The fourth-order valence-corrected chi connectivity index (χ4v) is 6.06. The maximum Gasteiger partial charge on any atom is 0.257 e. The molecule has 0 radical (unpaired) electrons. The Hall–Kier alpha value is -2.49. The molecule has 0 spiro atoms. The Bertz CT molecular complexity index is 1190. The first kappa shape index (κ1) is 24.2. The average Bonchev–Trinajstić information content (AvgIpc) is 3.14. The quantitative estimate of drug-likeness (QED) is 0.477. The molecule has 1 heterocycles. The number of amides is 1. The number of rotatable bonds is 9. The van der Waals surface area contributed by atoms with E-state index in [0.717, 1.165) is 0 Å². The summed E-state index contributed by atoms with van der Waals surface area (Å²) in [5.74, 6) is 0.711. The minimum atomic E-state index is -3.64. The molecule has 0 atom stereocenters. The Labute approximate surface area is 193 Å². The molecule has 0 aliphatic rings. The van der Waals surface area contributed by atoms with Crippen LogP contribution in [0.25, 0.3) is 10.2 Å². The van der Waals surface area contributed by atoms with Gasteiger partial charge in [0.15, 0.2) is 5.13 Å². The number of aromatic nitrogens is 1. The lowest BCUT2D eigenvalue weighted by molar-refractivity contribution is 0.102. The molecule has 3 rings (SSSR count). The maximum atomic E-state index is 13.3. The number of nitrogens with zero attached hydrogens (tertiary/aromatic N) is 2. The largest absolute Gasteiger partial charge is 0.497 e. The number of carbonyl (C=O) groups is 1. The average molecular weight is 476 g/mol. The van der Waals surface area contributed by atoms with E-state index in [1.54, 1.807) is 53.9 Å². The van der Waals surface area contributed by atoms with Crippen LogP contribution in [0.4, 0.5) is 5.13 Å². The lowest BCUT2D eigenvalue weighted by Gasteiger charge is -2.25. The molecule has 9 heteroatoms. The normalized spacial score (nSPS) is 12.1. The third-order valence-corrected chi connectivity index (χ3v) is 7.45. The maximum absolute atomic E-state index is 13.3. The third kappa shape index (κ3) is 5.65. The first-order chi connectivity index (χ1) is 15.1. The van der Waals surface area contributed by atoms with Gasteiger partial charge in [0.25, 0.3) is 5.91 Å². The number of ether oxygens (including phenoxy) is 1. The fourth-order valence-electron chi connectivity index (χ4n) is 3.29. The summed E-state index contributed by atoms with van der Waals surface area (Å²) in [5, 5.41) is 3.19. The predicted octanol–water partition coefficient (Wildman–Crippen LogP) is 4.86. The number of nitrogens with one attached hydrogen (secondary N) is 1. The van der Waals surface area contributed by atoms with Gasteiger partial charge >= 0.3 is 0 Å². The number of carbonyl (C=O) groups excluding carboxylic acids is 1. The molecular formula is C23H29N3O4S2. The minimum absolute atomic E-state index is 0.217. The van der Waals surface area contributed by atoms with Crippen molar-refractivity contribution in [3.63, 3.8) is 0 Å². The van der Waals surface area contributed by atoms with Crippen molar-refractivity contribution in [2.24, 2.45) is 11.8 Å². The lowest BCUT2D eigenvalue weighted by atomic mass is 10.2. The van der Waals surface area contributed by atoms with Crippen molar-refractivity contribution in [2.75, 3.05) is 25.5 Å². The molecule has 1 N–H and O–H groups in total. The molecule has 0 unspecified atom stereocenters. The van der Waals surface area contributed by atoms with Crippen molar-refractivity contribution in [1.82, 2.24) is 9.29 Å². The van der Waals surface area contributed by atoms with E-state index < -0.39 is 10.0 Å². The Morgan fingerprint density at radius 2 is 1.78 bits per heavy atom. The number of hydrogen-bond acceptors (Lipinski definition) is 6. The highest BCUT2D eigenvalue weighted by atomic mass is 32.2. The summed E-state index contributed by atoms with van der Waals surface area (Å²) in [5.41, 5.74) is 1.08.